The Bertz CT molecular complexity index is 467. The van der Waals surface area contributed by atoms with Gasteiger partial charge in [0.15, 0.2) is 24.0 Å². The molecule has 132 valence electrons. The van der Waals surface area contributed by atoms with E-state index in [1.165, 1.54) is 0 Å². The molecule has 0 radical (unpaired) electrons. The zero-order valence-corrected chi connectivity index (χ0v) is 13.9. The number of nitrogens with one attached hydrogen (secondary N) is 1. The van der Waals surface area contributed by atoms with Crippen LogP contribution < -0.4 is 5.32 Å². The minimum absolute atomic E-state index is 0.0142. The van der Waals surface area contributed by atoms with Crippen molar-refractivity contribution in [1.29, 1.82) is 0 Å². The van der Waals surface area contributed by atoms with Crippen LogP contribution in [0.4, 0.5) is 0 Å². The van der Waals surface area contributed by atoms with E-state index >= 15 is 0 Å². The van der Waals surface area contributed by atoms with Crippen molar-refractivity contribution < 1.29 is 33.6 Å². The van der Waals surface area contributed by atoms with Crippen LogP contribution in [-0.4, -0.2) is 66.4 Å². The average molecular weight is 331 g/mol. The van der Waals surface area contributed by atoms with Crippen molar-refractivity contribution in [3.8, 4) is 0 Å². The highest BCUT2D eigenvalue weighted by molar-refractivity contribution is 5.81. The lowest BCUT2D eigenvalue weighted by atomic mass is 9.98. The fourth-order valence-electron chi connectivity index (χ4n) is 3.21. The lowest BCUT2D eigenvalue weighted by Crippen LogP contribution is -2.59. The maximum absolute atomic E-state index is 12.4. The summed E-state index contributed by atoms with van der Waals surface area (Å²) in [5, 5.41) is 11.6. The van der Waals surface area contributed by atoms with Crippen molar-refractivity contribution >= 4 is 5.91 Å². The molecule has 0 saturated carbocycles. The zero-order valence-electron chi connectivity index (χ0n) is 13.9. The molecule has 5 unspecified atom stereocenters. The molecule has 3 fully saturated rings. The Labute approximate surface area is 135 Å². The van der Waals surface area contributed by atoms with E-state index < -0.39 is 42.3 Å². The summed E-state index contributed by atoms with van der Waals surface area (Å²) in [4.78, 5) is 12.4. The van der Waals surface area contributed by atoms with Crippen LogP contribution in [0, 0.1) is 0 Å². The van der Waals surface area contributed by atoms with Gasteiger partial charge in [-0.15, -0.1) is 0 Å². The highest BCUT2D eigenvalue weighted by atomic mass is 16.9. The molecule has 3 heterocycles. The van der Waals surface area contributed by atoms with Crippen molar-refractivity contribution in [1.82, 2.24) is 5.32 Å². The minimum Gasteiger partial charge on any atom is -0.396 e. The number of aliphatic hydroxyl groups is 1. The summed E-state index contributed by atoms with van der Waals surface area (Å²) in [7, 11) is 0. The highest BCUT2D eigenvalue weighted by Gasteiger charge is 2.62. The average Bonchev–Trinajstić information content (AvgIpc) is 2.92. The molecule has 5 atom stereocenters. The van der Waals surface area contributed by atoms with Crippen molar-refractivity contribution in [3.63, 3.8) is 0 Å². The minimum atomic E-state index is -0.848. The van der Waals surface area contributed by atoms with Crippen LogP contribution in [0.25, 0.3) is 0 Å². The van der Waals surface area contributed by atoms with E-state index in [9.17, 15) is 4.79 Å². The molecule has 2 N–H and O–H groups in total. The summed E-state index contributed by atoms with van der Waals surface area (Å²) < 4.78 is 29.2. The second-order valence-corrected chi connectivity index (χ2v) is 6.96. The number of hydrogen-bond donors (Lipinski definition) is 2. The van der Waals surface area contributed by atoms with Crippen LogP contribution in [0.3, 0.4) is 0 Å². The van der Waals surface area contributed by atoms with Crippen LogP contribution in [0.1, 0.15) is 34.1 Å². The Balaban J connectivity index is 1.77. The third-order valence-electron chi connectivity index (χ3n) is 4.05. The van der Waals surface area contributed by atoms with Crippen molar-refractivity contribution in [2.24, 2.45) is 0 Å². The predicted octanol–water partition coefficient (Wildman–Crippen LogP) is -0.118. The summed E-state index contributed by atoms with van der Waals surface area (Å²) in [5.74, 6) is -1.94. The molecule has 0 aromatic carbocycles. The number of amides is 1. The van der Waals surface area contributed by atoms with Gasteiger partial charge >= 0.3 is 0 Å². The molecule has 0 aliphatic carbocycles. The van der Waals surface area contributed by atoms with E-state index in [0.29, 0.717) is 13.0 Å². The van der Waals surface area contributed by atoms with Gasteiger partial charge in [-0.1, -0.05) is 0 Å². The SMILES string of the molecule is CC1(C)OC2OC(C(=O)NCCCO)C3OC(C)(C)OC3C2O1. The van der Waals surface area contributed by atoms with Crippen LogP contribution >= 0.6 is 0 Å². The number of carbonyl (C=O) groups excluding carboxylic acids is 1. The quantitative estimate of drug-likeness (QED) is 0.694. The van der Waals surface area contributed by atoms with Gasteiger partial charge in [-0.25, -0.2) is 0 Å². The molecule has 0 spiro atoms. The third-order valence-corrected chi connectivity index (χ3v) is 4.05. The van der Waals surface area contributed by atoms with Gasteiger partial charge in [0.05, 0.1) is 0 Å². The van der Waals surface area contributed by atoms with E-state index in [4.69, 9.17) is 28.8 Å². The van der Waals surface area contributed by atoms with Gasteiger partial charge in [0.1, 0.15) is 18.3 Å². The van der Waals surface area contributed by atoms with Crippen LogP contribution in [0.2, 0.25) is 0 Å². The molecule has 0 bridgehead atoms. The Morgan fingerprint density at radius 3 is 2.30 bits per heavy atom. The first-order valence-corrected chi connectivity index (χ1v) is 7.98. The molecule has 1 amide bonds. The Morgan fingerprint density at radius 1 is 1.00 bits per heavy atom. The second kappa shape index (κ2) is 5.94. The molecule has 3 aliphatic rings. The smallest absolute Gasteiger partial charge is 0.252 e. The van der Waals surface area contributed by atoms with Gasteiger partial charge in [0, 0.05) is 13.2 Å². The summed E-state index contributed by atoms with van der Waals surface area (Å²) in [5.41, 5.74) is 0. The fraction of sp³-hybridized carbons (Fsp3) is 0.933. The first-order chi connectivity index (χ1) is 10.7. The fourth-order valence-corrected chi connectivity index (χ4v) is 3.21. The third kappa shape index (κ3) is 3.38. The van der Waals surface area contributed by atoms with Gasteiger partial charge in [-0.2, -0.15) is 0 Å². The Kier molecular flexibility index (Phi) is 4.41. The molecule has 3 rings (SSSR count). The van der Waals surface area contributed by atoms with Crippen LogP contribution in [0.15, 0.2) is 0 Å². The van der Waals surface area contributed by atoms with Crippen LogP contribution in [-0.2, 0) is 28.5 Å². The molecular weight excluding hydrogens is 306 g/mol. The predicted molar refractivity (Wildman–Crippen MR) is 77.2 cm³/mol. The van der Waals surface area contributed by atoms with E-state index in [2.05, 4.69) is 5.32 Å². The Morgan fingerprint density at radius 2 is 1.61 bits per heavy atom. The summed E-state index contributed by atoms with van der Waals surface area (Å²) in [6.07, 6.45) is -2.51. The van der Waals surface area contributed by atoms with E-state index in [-0.39, 0.29) is 12.5 Å². The van der Waals surface area contributed by atoms with Gasteiger partial charge in [-0.3, -0.25) is 4.79 Å². The molecule has 0 aromatic heterocycles. The van der Waals surface area contributed by atoms with Crippen molar-refractivity contribution in [2.45, 2.75) is 76.4 Å². The largest absolute Gasteiger partial charge is 0.396 e. The maximum atomic E-state index is 12.4. The molecule has 0 aromatic rings. The van der Waals surface area contributed by atoms with Gasteiger partial charge < -0.3 is 34.1 Å². The zero-order chi connectivity index (χ0) is 16.8. The van der Waals surface area contributed by atoms with Gasteiger partial charge in [-0.05, 0) is 34.1 Å². The summed E-state index contributed by atoms with van der Waals surface area (Å²) in [6.45, 7) is 7.56. The summed E-state index contributed by atoms with van der Waals surface area (Å²) in [6, 6.07) is 0. The number of fused-ring (bicyclic) bond motifs is 3. The Hall–Kier alpha value is -0.770. The van der Waals surface area contributed by atoms with E-state index in [0.717, 1.165) is 0 Å². The first kappa shape index (κ1) is 17.1. The molecule has 3 saturated heterocycles. The highest BCUT2D eigenvalue weighted by Crippen LogP contribution is 2.44. The van der Waals surface area contributed by atoms with Crippen LogP contribution in [0.5, 0.6) is 0 Å². The second-order valence-electron chi connectivity index (χ2n) is 6.96. The normalized spacial score (nSPS) is 40.5. The lowest BCUT2D eigenvalue weighted by Gasteiger charge is -2.36. The molecule has 23 heavy (non-hydrogen) atoms. The molecule has 3 aliphatic heterocycles. The van der Waals surface area contributed by atoms with Crippen molar-refractivity contribution in [2.75, 3.05) is 13.2 Å². The maximum Gasteiger partial charge on any atom is 0.252 e. The van der Waals surface area contributed by atoms with E-state index in [1.54, 1.807) is 27.7 Å². The first-order valence-electron chi connectivity index (χ1n) is 7.98. The van der Waals surface area contributed by atoms with E-state index in [1.807, 2.05) is 0 Å². The number of rotatable bonds is 4. The topological polar surface area (TPSA) is 95.5 Å². The molecule has 8 heteroatoms. The number of aliphatic hydroxyl groups excluding tert-OH is 1. The number of ether oxygens (including phenoxy) is 5. The van der Waals surface area contributed by atoms with Gasteiger partial charge in [0.2, 0.25) is 0 Å². The summed E-state index contributed by atoms with van der Waals surface area (Å²) >= 11 is 0. The standard InChI is InChI=1S/C15H25NO7/c1-14(2)20-8-9(21-14)11-13(23-15(3,4)22-11)19-10(8)12(18)16-6-5-7-17/h8-11,13,17H,5-7H2,1-4H3,(H,16,18). The molecular formula is C15H25NO7. The van der Waals surface area contributed by atoms with Gasteiger partial charge in [0.25, 0.3) is 5.91 Å². The lowest BCUT2D eigenvalue weighted by molar-refractivity contribution is -0.231. The number of carbonyl (C=O) groups is 1. The van der Waals surface area contributed by atoms with Crippen molar-refractivity contribution in [3.05, 3.63) is 0 Å². The monoisotopic (exact) mass is 331 g/mol. The molecule has 8 nitrogen and oxygen atoms in total. The number of hydrogen-bond acceptors (Lipinski definition) is 7.